The summed E-state index contributed by atoms with van der Waals surface area (Å²) in [6.45, 7) is 7.46. The number of ether oxygens (including phenoxy) is 1. The van der Waals surface area contributed by atoms with Crippen LogP contribution in [-0.2, 0) is 17.9 Å². The molecule has 0 saturated carbocycles. The molecule has 1 atom stereocenters. The number of morpholine rings is 1. The molecule has 4 aromatic rings. The van der Waals surface area contributed by atoms with Crippen LogP contribution < -0.4 is 4.90 Å². The van der Waals surface area contributed by atoms with Crippen molar-refractivity contribution in [1.29, 1.82) is 0 Å². The molecule has 3 aromatic heterocycles. The van der Waals surface area contributed by atoms with Gasteiger partial charge in [-0.2, -0.15) is 5.10 Å². The second kappa shape index (κ2) is 10.6. The lowest BCUT2D eigenvalue weighted by Crippen LogP contribution is -2.44. The van der Waals surface area contributed by atoms with Crippen LogP contribution in [0.2, 0.25) is 0 Å². The molecular formula is C29H34N6O2. The average Bonchev–Trinajstić information content (AvgIpc) is 3.38. The van der Waals surface area contributed by atoms with Gasteiger partial charge in [-0.15, -0.1) is 0 Å². The number of hydrogen-bond donors (Lipinski definition) is 1. The molecule has 0 spiro atoms. The molecule has 2 aliphatic heterocycles. The summed E-state index contributed by atoms with van der Waals surface area (Å²) in [5.41, 5.74) is 7.22. The topological polar surface area (TPSA) is 79.0 Å². The molecule has 1 aromatic carbocycles. The molecule has 192 valence electrons. The van der Waals surface area contributed by atoms with Gasteiger partial charge in [0.2, 0.25) is 0 Å². The van der Waals surface area contributed by atoms with E-state index < -0.39 is 0 Å². The number of imidazole rings is 1. The number of pyridine rings is 1. The molecule has 8 nitrogen and oxygen atoms in total. The highest BCUT2D eigenvalue weighted by Gasteiger charge is 2.28. The van der Waals surface area contributed by atoms with Crippen LogP contribution >= 0.6 is 0 Å². The predicted molar refractivity (Wildman–Crippen MR) is 143 cm³/mol. The number of rotatable bonds is 6. The SMILES string of the molecule is C[C@H]1COCCN1c1cc(-c2cccc(CO)c2)nn2c(C3CCN(Cc4cccnc4)CC3)cnc12. The van der Waals surface area contributed by atoms with E-state index in [1.165, 1.54) is 11.3 Å². The molecule has 0 aliphatic carbocycles. The van der Waals surface area contributed by atoms with Gasteiger partial charge in [-0.05, 0) is 62.2 Å². The van der Waals surface area contributed by atoms with Crippen LogP contribution in [0.5, 0.6) is 0 Å². The molecule has 8 heteroatoms. The Bertz CT molecular complexity index is 1350. The number of aromatic nitrogens is 4. The summed E-state index contributed by atoms with van der Waals surface area (Å²) in [7, 11) is 0. The van der Waals surface area contributed by atoms with Gasteiger partial charge >= 0.3 is 0 Å². The van der Waals surface area contributed by atoms with Crippen LogP contribution in [-0.4, -0.2) is 68.5 Å². The van der Waals surface area contributed by atoms with Crippen LogP contribution in [0.1, 0.15) is 42.5 Å². The van der Waals surface area contributed by atoms with Gasteiger partial charge in [0, 0.05) is 43.0 Å². The largest absolute Gasteiger partial charge is 0.392 e. The maximum Gasteiger partial charge on any atom is 0.177 e. The number of hydrogen-bond acceptors (Lipinski definition) is 7. The van der Waals surface area contributed by atoms with Gasteiger partial charge in [0.15, 0.2) is 5.65 Å². The summed E-state index contributed by atoms with van der Waals surface area (Å²) in [5.74, 6) is 0.404. The molecule has 1 N–H and O–H groups in total. The lowest BCUT2D eigenvalue weighted by Gasteiger charge is -2.35. The fourth-order valence-corrected chi connectivity index (χ4v) is 5.65. The van der Waals surface area contributed by atoms with Crippen molar-refractivity contribution in [3.05, 3.63) is 77.9 Å². The number of benzene rings is 1. The first-order chi connectivity index (χ1) is 18.2. The number of piperidine rings is 1. The van der Waals surface area contributed by atoms with E-state index in [9.17, 15) is 5.11 Å². The summed E-state index contributed by atoms with van der Waals surface area (Å²) in [4.78, 5) is 14.1. The molecule has 0 bridgehead atoms. The quantitative estimate of drug-likeness (QED) is 0.432. The fourth-order valence-electron chi connectivity index (χ4n) is 5.65. The number of aliphatic hydroxyl groups excluding tert-OH is 1. The Morgan fingerprint density at radius 3 is 2.68 bits per heavy atom. The lowest BCUT2D eigenvalue weighted by atomic mass is 9.94. The first-order valence-electron chi connectivity index (χ1n) is 13.2. The van der Waals surface area contributed by atoms with E-state index >= 15 is 0 Å². The van der Waals surface area contributed by atoms with Crippen molar-refractivity contribution in [1.82, 2.24) is 24.5 Å². The fraction of sp³-hybridized carbons (Fsp3) is 0.414. The smallest absolute Gasteiger partial charge is 0.177 e. The van der Waals surface area contributed by atoms with E-state index in [0.717, 1.165) is 67.2 Å². The lowest BCUT2D eigenvalue weighted by molar-refractivity contribution is 0.0990. The van der Waals surface area contributed by atoms with Gasteiger partial charge in [0.1, 0.15) is 0 Å². The van der Waals surface area contributed by atoms with E-state index in [-0.39, 0.29) is 12.6 Å². The second-order valence-corrected chi connectivity index (χ2v) is 10.2. The Hall–Kier alpha value is -3.33. The Labute approximate surface area is 217 Å². The first kappa shape index (κ1) is 24.0. The number of fused-ring (bicyclic) bond motifs is 1. The minimum absolute atomic E-state index is 0.0113. The molecule has 2 fully saturated rings. The van der Waals surface area contributed by atoms with Crippen molar-refractivity contribution < 1.29 is 9.84 Å². The van der Waals surface area contributed by atoms with E-state index in [0.29, 0.717) is 19.1 Å². The summed E-state index contributed by atoms with van der Waals surface area (Å²) >= 11 is 0. The number of nitrogens with zero attached hydrogens (tertiary/aromatic N) is 6. The van der Waals surface area contributed by atoms with E-state index in [1.807, 2.05) is 42.9 Å². The Morgan fingerprint density at radius 1 is 1.03 bits per heavy atom. The number of likely N-dealkylation sites (tertiary alicyclic amines) is 1. The maximum absolute atomic E-state index is 9.70. The maximum atomic E-state index is 9.70. The molecule has 37 heavy (non-hydrogen) atoms. The highest BCUT2D eigenvalue weighted by molar-refractivity contribution is 5.75. The zero-order valence-corrected chi connectivity index (χ0v) is 21.3. The van der Waals surface area contributed by atoms with Gasteiger partial charge in [-0.3, -0.25) is 9.88 Å². The van der Waals surface area contributed by atoms with Crippen molar-refractivity contribution >= 4 is 11.3 Å². The Morgan fingerprint density at radius 2 is 1.89 bits per heavy atom. The van der Waals surface area contributed by atoms with Crippen molar-refractivity contribution in [3.8, 4) is 11.3 Å². The van der Waals surface area contributed by atoms with Gasteiger partial charge in [-0.25, -0.2) is 9.50 Å². The second-order valence-electron chi connectivity index (χ2n) is 10.2. The van der Waals surface area contributed by atoms with Crippen molar-refractivity contribution in [2.24, 2.45) is 0 Å². The van der Waals surface area contributed by atoms with Gasteiger partial charge in [-0.1, -0.05) is 24.3 Å². The zero-order valence-electron chi connectivity index (χ0n) is 21.3. The summed E-state index contributed by atoms with van der Waals surface area (Å²) < 4.78 is 7.81. The first-order valence-corrected chi connectivity index (χ1v) is 13.2. The van der Waals surface area contributed by atoms with Crippen LogP contribution in [0.3, 0.4) is 0 Å². The van der Waals surface area contributed by atoms with Crippen LogP contribution in [0.25, 0.3) is 16.9 Å². The van der Waals surface area contributed by atoms with Gasteiger partial charge in [0.05, 0.1) is 43.1 Å². The third-order valence-corrected chi connectivity index (χ3v) is 7.69. The highest BCUT2D eigenvalue weighted by Crippen LogP contribution is 2.34. The molecule has 2 saturated heterocycles. The summed E-state index contributed by atoms with van der Waals surface area (Å²) in [6.07, 6.45) is 7.97. The summed E-state index contributed by atoms with van der Waals surface area (Å²) in [6, 6.07) is 14.6. The van der Waals surface area contributed by atoms with Crippen LogP contribution in [0.15, 0.2) is 61.1 Å². The van der Waals surface area contributed by atoms with Gasteiger partial charge in [0.25, 0.3) is 0 Å². The predicted octanol–water partition coefficient (Wildman–Crippen LogP) is 3.89. The Kier molecular flexibility index (Phi) is 6.87. The standard InChI is InChI=1S/C29H34N6O2/c1-21-20-37-13-12-34(21)27-15-26(25-6-2-4-22(14-25)19-36)32-35-28(17-31-29(27)35)24-7-10-33(11-8-24)18-23-5-3-9-30-16-23/h2-6,9,14-17,21,24,36H,7-8,10-13,18-20H2,1H3/t21-/m0/s1. The van der Waals surface area contributed by atoms with E-state index in [1.54, 1.807) is 0 Å². The summed E-state index contributed by atoms with van der Waals surface area (Å²) in [5, 5.41) is 14.8. The van der Waals surface area contributed by atoms with Crippen molar-refractivity contribution in [2.75, 3.05) is 37.7 Å². The third-order valence-electron chi connectivity index (χ3n) is 7.69. The minimum Gasteiger partial charge on any atom is -0.392 e. The molecule has 0 unspecified atom stereocenters. The van der Waals surface area contributed by atoms with E-state index in [4.69, 9.17) is 14.8 Å². The molecule has 0 amide bonds. The van der Waals surface area contributed by atoms with Crippen LogP contribution in [0.4, 0.5) is 5.69 Å². The van der Waals surface area contributed by atoms with E-state index in [2.05, 4.69) is 44.4 Å². The molecule has 5 heterocycles. The normalized spacial score (nSPS) is 19.5. The monoisotopic (exact) mass is 498 g/mol. The van der Waals surface area contributed by atoms with Crippen LogP contribution in [0, 0.1) is 0 Å². The molecular weight excluding hydrogens is 464 g/mol. The van der Waals surface area contributed by atoms with Crippen molar-refractivity contribution in [2.45, 2.75) is 44.9 Å². The molecule has 0 radical (unpaired) electrons. The number of aliphatic hydroxyl groups is 1. The zero-order chi connectivity index (χ0) is 25.2. The van der Waals surface area contributed by atoms with Crippen molar-refractivity contribution in [3.63, 3.8) is 0 Å². The number of anilines is 1. The third kappa shape index (κ3) is 4.97. The molecule has 2 aliphatic rings. The highest BCUT2D eigenvalue weighted by atomic mass is 16.5. The average molecular weight is 499 g/mol. The Balaban J connectivity index is 1.34. The molecule has 6 rings (SSSR count). The minimum atomic E-state index is 0.0113. The van der Waals surface area contributed by atoms with Gasteiger partial charge < -0.3 is 14.7 Å².